The molecule has 104 valence electrons. The Bertz CT molecular complexity index is 467. The quantitative estimate of drug-likeness (QED) is 0.706. The first kappa shape index (κ1) is 15.4. The second-order valence-electron chi connectivity index (χ2n) is 3.74. The van der Waals surface area contributed by atoms with Crippen LogP contribution >= 0.6 is 11.6 Å². The van der Waals surface area contributed by atoms with Gasteiger partial charge in [-0.05, 0) is 13.8 Å². The van der Waals surface area contributed by atoms with Crippen LogP contribution < -0.4 is 0 Å². The zero-order valence-electron chi connectivity index (χ0n) is 10.6. The van der Waals surface area contributed by atoms with Gasteiger partial charge in [0.25, 0.3) is 0 Å². The Hall–Kier alpha value is -0.630. The molecule has 8 heteroatoms. The van der Waals surface area contributed by atoms with Gasteiger partial charge in [0.05, 0.1) is 6.61 Å². The van der Waals surface area contributed by atoms with Gasteiger partial charge in [-0.1, -0.05) is 5.16 Å². The van der Waals surface area contributed by atoms with E-state index in [0.717, 1.165) is 0 Å². The standard InChI is InChI=1S/C10H17ClN2O4S/c1-8-10(9(2)17-12-8)18(14,15)13(5-4-11)6-7-16-3/h4-7H2,1-3H3. The molecule has 0 aliphatic carbocycles. The highest BCUT2D eigenvalue weighted by Gasteiger charge is 2.30. The van der Waals surface area contributed by atoms with Crippen molar-refractivity contribution in [3.8, 4) is 0 Å². The van der Waals surface area contributed by atoms with Gasteiger partial charge in [0.1, 0.15) is 10.6 Å². The molecule has 0 aromatic carbocycles. The number of rotatable bonds is 7. The maximum Gasteiger partial charge on any atom is 0.248 e. The molecule has 1 aromatic rings. The Kier molecular flexibility index (Phi) is 5.58. The van der Waals surface area contributed by atoms with E-state index >= 15 is 0 Å². The van der Waals surface area contributed by atoms with Crippen molar-refractivity contribution in [1.82, 2.24) is 9.46 Å². The van der Waals surface area contributed by atoms with Crippen LogP contribution in [0.15, 0.2) is 9.42 Å². The van der Waals surface area contributed by atoms with Gasteiger partial charge in [0.15, 0.2) is 5.76 Å². The van der Waals surface area contributed by atoms with E-state index < -0.39 is 10.0 Å². The zero-order chi connectivity index (χ0) is 13.8. The fraction of sp³-hybridized carbons (Fsp3) is 0.700. The Morgan fingerprint density at radius 1 is 1.39 bits per heavy atom. The van der Waals surface area contributed by atoms with Crippen molar-refractivity contribution in [3.63, 3.8) is 0 Å². The number of hydrogen-bond donors (Lipinski definition) is 0. The summed E-state index contributed by atoms with van der Waals surface area (Å²) in [4.78, 5) is 0.115. The van der Waals surface area contributed by atoms with Crippen LogP contribution in [0.3, 0.4) is 0 Å². The molecule has 0 unspecified atom stereocenters. The van der Waals surface area contributed by atoms with Crippen LogP contribution in [0, 0.1) is 13.8 Å². The first-order chi connectivity index (χ1) is 8.45. The van der Waals surface area contributed by atoms with Crippen LogP contribution in [-0.4, -0.2) is 50.6 Å². The SMILES string of the molecule is COCCN(CCCl)S(=O)(=O)c1c(C)noc1C. The summed E-state index contributed by atoms with van der Waals surface area (Å²) < 4.78 is 36.0. The predicted molar refractivity (Wildman–Crippen MR) is 67.3 cm³/mol. The normalized spacial score (nSPS) is 12.3. The third kappa shape index (κ3) is 3.23. The van der Waals surface area contributed by atoms with Gasteiger partial charge in [0, 0.05) is 26.1 Å². The molecule has 0 atom stereocenters. The van der Waals surface area contributed by atoms with Gasteiger partial charge in [-0.25, -0.2) is 8.42 Å². The lowest BCUT2D eigenvalue weighted by atomic mass is 10.4. The van der Waals surface area contributed by atoms with Crippen molar-refractivity contribution in [3.05, 3.63) is 11.5 Å². The van der Waals surface area contributed by atoms with E-state index in [4.69, 9.17) is 20.9 Å². The van der Waals surface area contributed by atoms with E-state index in [9.17, 15) is 8.42 Å². The fourth-order valence-corrected chi connectivity index (χ4v) is 3.63. The molecule has 0 radical (unpaired) electrons. The third-order valence-electron chi connectivity index (χ3n) is 2.44. The number of ether oxygens (including phenoxy) is 1. The molecular weight excluding hydrogens is 280 g/mol. The molecule has 0 aliphatic rings. The number of sulfonamides is 1. The van der Waals surface area contributed by atoms with Gasteiger partial charge in [0.2, 0.25) is 10.0 Å². The third-order valence-corrected chi connectivity index (χ3v) is 4.76. The van der Waals surface area contributed by atoms with Crippen molar-refractivity contribution in [1.29, 1.82) is 0 Å². The highest BCUT2D eigenvalue weighted by molar-refractivity contribution is 7.89. The van der Waals surface area contributed by atoms with Gasteiger partial charge < -0.3 is 9.26 Å². The lowest BCUT2D eigenvalue weighted by molar-refractivity contribution is 0.180. The first-order valence-corrected chi connectivity index (χ1v) is 7.40. The smallest absolute Gasteiger partial charge is 0.248 e. The van der Waals surface area contributed by atoms with E-state index in [1.807, 2.05) is 0 Å². The molecule has 18 heavy (non-hydrogen) atoms. The summed E-state index contributed by atoms with van der Waals surface area (Å²) in [6.07, 6.45) is 0. The topological polar surface area (TPSA) is 72.6 Å². The van der Waals surface area contributed by atoms with E-state index in [0.29, 0.717) is 12.3 Å². The molecule has 0 aliphatic heterocycles. The van der Waals surface area contributed by atoms with Gasteiger partial charge in [-0.15, -0.1) is 11.6 Å². The lowest BCUT2D eigenvalue weighted by Crippen LogP contribution is -2.36. The minimum atomic E-state index is -3.64. The molecule has 0 saturated heterocycles. The summed E-state index contributed by atoms with van der Waals surface area (Å²) >= 11 is 5.64. The Morgan fingerprint density at radius 3 is 2.50 bits per heavy atom. The van der Waals surface area contributed by atoms with E-state index in [1.165, 1.54) is 11.4 Å². The highest BCUT2D eigenvalue weighted by atomic mass is 35.5. The maximum atomic E-state index is 12.4. The lowest BCUT2D eigenvalue weighted by Gasteiger charge is -2.20. The average Bonchev–Trinajstić information content (AvgIpc) is 2.64. The number of alkyl halides is 1. The van der Waals surface area contributed by atoms with E-state index in [-0.39, 0.29) is 29.6 Å². The first-order valence-electron chi connectivity index (χ1n) is 5.43. The van der Waals surface area contributed by atoms with Crippen molar-refractivity contribution in [2.45, 2.75) is 18.7 Å². The van der Waals surface area contributed by atoms with Crippen molar-refractivity contribution >= 4 is 21.6 Å². The number of methoxy groups -OCH3 is 1. The Balaban J connectivity index is 3.09. The van der Waals surface area contributed by atoms with E-state index in [1.54, 1.807) is 13.8 Å². The number of halogens is 1. The molecule has 0 saturated carbocycles. The predicted octanol–water partition coefficient (Wildman–Crippen LogP) is 1.17. The average molecular weight is 297 g/mol. The van der Waals surface area contributed by atoms with Gasteiger partial charge in [-0.2, -0.15) is 4.31 Å². The van der Waals surface area contributed by atoms with Crippen LogP contribution in [0.1, 0.15) is 11.5 Å². The minimum absolute atomic E-state index is 0.115. The van der Waals surface area contributed by atoms with Gasteiger partial charge in [-0.3, -0.25) is 0 Å². The summed E-state index contributed by atoms with van der Waals surface area (Å²) in [7, 11) is -2.13. The summed E-state index contributed by atoms with van der Waals surface area (Å²) in [5, 5.41) is 3.66. The number of hydrogen-bond acceptors (Lipinski definition) is 5. The van der Waals surface area contributed by atoms with Crippen LogP contribution in [-0.2, 0) is 14.8 Å². The molecule has 6 nitrogen and oxygen atoms in total. The van der Waals surface area contributed by atoms with Crippen LogP contribution in [0.4, 0.5) is 0 Å². The summed E-state index contributed by atoms with van der Waals surface area (Å²) in [6, 6.07) is 0. The summed E-state index contributed by atoms with van der Waals surface area (Å²) in [5.74, 6) is 0.497. The Morgan fingerprint density at radius 2 is 2.06 bits per heavy atom. The maximum absolute atomic E-state index is 12.4. The second kappa shape index (κ2) is 6.51. The second-order valence-corrected chi connectivity index (χ2v) is 5.99. The number of aryl methyl sites for hydroxylation is 2. The molecule has 1 aromatic heterocycles. The highest BCUT2D eigenvalue weighted by Crippen LogP contribution is 2.23. The van der Waals surface area contributed by atoms with Crippen molar-refractivity contribution in [2.75, 3.05) is 32.7 Å². The molecule has 0 spiro atoms. The summed E-state index contributed by atoms with van der Waals surface area (Å²) in [6.45, 7) is 3.94. The molecule has 0 amide bonds. The van der Waals surface area contributed by atoms with Crippen LogP contribution in [0.25, 0.3) is 0 Å². The van der Waals surface area contributed by atoms with Crippen LogP contribution in [0.5, 0.6) is 0 Å². The van der Waals surface area contributed by atoms with Crippen molar-refractivity contribution < 1.29 is 17.7 Å². The molecule has 0 N–H and O–H groups in total. The fourth-order valence-electron chi connectivity index (χ4n) is 1.61. The van der Waals surface area contributed by atoms with Crippen molar-refractivity contribution in [2.24, 2.45) is 0 Å². The summed E-state index contributed by atoms with van der Waals surface area (Å²) in [5.41, 5.74) is 0.351. The van der Waals surface area contributed by atoms with E-state index in [2.05, 4.69) is 5.16 Å². The minimum Gasteiger partial charge on any atom is -0.383 e. The largest absolute Gasteiger partial charge is 0.383 e. The monoisotopic (exact) mass is 296 g/mol. The molecule has 1 heterocycles. The number of aromatic nitrogens is 1. The molecule has 0 bridgehead atoms. The van der Waals surface area contributed by atoms with Crippen LogP contribution in [0.2, 0.25) is 0 Å². The Labute approximate surface area is 112 Å². The molecular formula is C10H17ClN2O4S. The number of nitrogens with zero attached hydrogens (tertiary/aromatic N) is 2. The van der Waals surface area contributed by atoms with Gasteiger partial charge >= 0.3 is 0 Å². The molecule has 0 fully saturated rings. The molecule has 1 rings (SSSR count). The zero-order valence-corrected chi connectivity index (χ0v) is 12.2.